The number of nitrogens with zero attached hydrogens (tertiary/aromatic N) is 5. The topological polar surface area (TPSA) is 63.5 Å². The maximum absolute atomic E-state index is 14.1. The first kappa shape index (κ1) is 23.4. The van der Waals surface area contributed by atoms with Crippen molar-refractivity contribution in [2.24, 2.45) is 0 Å². The van der Waals surface area contributed by atoms with Gasteiger partial charge in [-0.1, -0.05) is 0 Å². The highest BCUT2D eigenvalue weighted by molar-refractivity contribution is 14.1. The van der Waals surface area contributed by atoms with Crippen LogP contribution in [0, 0.1) is 3.57 Å². The molecule has 7 nitrogen and oxygen atoms in total. The number of alkyl halides is 2. The first-order chi connectivity index (χ1) is 15.0. The molecule has 176 valence electrons. The zero-order valence-corrected chi connectivity index (χ0v) is 21.1. The van der Waals surface area contributed by atoms with Gasteiger partial charge in [-0.3, -0.25) is 0 Å². The van der Waals surface area contributed by atoms with Gasteiger partial charge in [-0.15, -0.1) is 0 Å². The zero-order valence-electron chi connectivity index (χ0n) is 18.9. The number of ether oxygens (including phenoxy) is 1. The molecule has 0 bridgehead atoms. The Balaban J connectivity index is 1.59. The molecule has 10 heteroatoms. The van der Waals surface area contributed by atoms with Gasteiger partial charge in [-0.05, 0) is 63.1 Å². The Labute approximate surface area is 200 Å². The highest BCUT2D eigenvalue weighted by atomic mass is 127. The largest absolute Gasteiger partial charge is 0.444 e. The van der Waals surface area contributed by atoms with Crippen LogP contribution in [0.2, 0.25) is 0 Å². The van der Waals surface area contributed by atoms with Crippen LogP contribution in [-0.4, -0.2) is 62.7 Å². The summed E-state index contributed by atoms with van der Waals surface area (Å²) in [5.41, 5.74) is 0.162. The second-order valence-electron chi connectivity index (χ2n) is 9.86. The van der Waals surface area contributed by atoms with Crippen LogP contribution in [0.5, 0.6) is 0 Å². The summed E-state index contributed by atoms with van der Waals surface area (Å²) < 4.78 is 36.5. The number of hydrogen-bond donors (Lipinski definition) is 0. The molecule has 3 heterocycles. The van der Waals surface area contributed by atoms with Crippen LogP contribution in [0.3, 0.4) is 0 Å². The van der Waals surface area contributed by atoms with Crippen molar-refractivity contribution in [3.8, 4) is 0 Å². The molecule has 1 amide bonds. The van der Waals surface area contributed by atoms with Gasteiger partial charge in [0.15, 0.2) is 0 Å². The zero-order chi connectivity index (χ0) is 23.3. The van der Waals surface area contributed by atoms with E-state index in [-0.39, 0.29) is 31.0 Å². The first-order valence-electron chi connectivity index (χ1n) is 11.1. The van der Waals surface area contributed by atoms with E-state index in [1.54, 1.807) is 4.90 Å². The van der Waals surface area contributed by atoms with Crippen molar-refractivity contribution in [3.05, 3.63) is 16.1 Å². The molecule has 0 spiro atoms. The van der Waals surface area contributed by atoms with E-state index < -0.39 is 11.5 Å². The Morgan fingerprint density at radius 2 is 2.03 bits per heavy atom. The van der Waals surface area contributed by atoms with Gasteiger partial charge in [0.05, 0.1) is 5.39 Å². The molecular formula is C22H30F2IN5O2. The molecule has 0 radical (unpaired) electrons. The normalized spacial score (nSPS) is 24.1. The number of aromatic nitrogens is 3. The number of anilines is 1. The lowest BCUT2D eigenvalue weighted by atomic mass is 9.92. The van der Waals surface area contributed by atoms with Crippen molar-refractivity contribution < 1.29 is 18.3 Å². The average molecular weight is 561 g/mol. The molecule has 2 aromatic rings. The highest BCUT2D eigenvalue weighted by Crippen LogP contribution is 2.42. The van der Waals surface area contributed by atoms with E-state index in [9.17, 15) is 13.6 Å². The van der Waals surface area contributed by atoms with E-state index in [0.717, 1.165) is 21.2 Å². The molecule has 1 saturated carbocycles. The molecule has 0 aromatic carbocycles. The lowest BCUT2D eigenvalue weighted by Crippen LogP contribution is -2.54. The number of rotatable bonds is 2. The second kappa shape index (κ2) is 8.57. The van der Waals surface area contributed by atoms with Crippen LogP contribution in [-0.2, 0) is 4.74 Å². The van der Waals surface area contributed by atoms with E-state index in [4.69, 9.17) is 4.74 Å². The number of hydrogen-bond acceptors (Lipinski definition) is 5. The van der Waals surface area contributed by atoms with Crippen LogP contribution in [0.4, 0.5) is 19.4 Å². The summed E-state index contributed by atoms with van der Waals surface area (Å²) in [5.74, 6) is -1.84. The van der Waals surface area contributed by atoms with E-state index in [1.807, 2.05) is 31.5 Å². The van der Waals surface area contributed by atoms with Crippen molar-refractivity contribution in [2.45, 2.75) is 77.0 Å². The molecule has 2 aromatic heterocycles. The number of amides is 1. The van der Waals surface area contributed by atoms with Crippen molar-refractivity contribution >= 4 is 45.5 Å². The Hall–Kier alpha value is -1.72. The van der Waals surface area contributed by atoms with Gasteiger partial charge in [0.1, 0.15) is 23.4 Å². The predicted molar refractivity (Wildman–Crippen MR) is 127 cm³/mol. The molecule has 1 saturated heterocycles. The smallest absolute Gasteiger partial charge is 0.410 e. The van der Waals surface area contributed by atoms with Crippen LogP contribution in [0.1, 0.15) is 59.4 Å². The maximum atomic E-state index is 14.1. The summed E-state index contributed by atoms with van der Waals surface area (Å²) in [6.07, 6.45) is 4.16. The molecule has 1 aliphatic carbocycles. The van der Waals surface area contributed by atoms with E-state index in [0.29, 0.717) is 31.7 Å². The van der Waals surface area contributed by atoms with Gasteiger partial charge in [0.2, 0.25) is 5.92 Å². The number of carbonyl (C=O) groups excluding carboxylic acids is 1. The number of piperazine rings is 1. The molecule has 2 fully saturated rings. The summed E-state index contributed by atoms with van der Waals surface area (Å²) in [7, 11) is 0. The summed E-state index contributed by atoms with van der Waals surface area (Å²) in [6.45, 7) is 9.28. The van der Waals surface area contributed by atoms with Gasteiger partial charge in [-0.25, -0.2) is 23.5 Å². The SMILES string of the molecule is C[C@H]1CN(C(=O)OC(C)(C)C)CCN1c1ncnc2c1c(I)cn2C1CCCC(F)(F)C1. The van der Waals surface area contributed by atoms with Crippen molar-refractivity contribution in [2.75, 3.05) is 24.5 Å². The van der Waals surface area contributed by atoms with E-state index in [2.05, 4.69) is 44.4 Å². The Bertz CT molecular complexity index is 1010. The van der Waals surface area contributed by atoms with Gasteiger partial charge < -0.3 is 19.1 Å². The van der Waals surface area contributed by atoms with Gasteiger partial charge >= 0.3 is 6.09 Å². The van der Waals surface area contributed by atoms with Crippen molar-refractivity contribution in [3.63, 3.8) is 0 Å². The Kier molecular flexibility index (Phi) is 6.28. The van der Waals surface area contributed by atoms with Crippen LogP contribution < -0.4 is 4.90 Å². The fourth-order valence-electron chi connectivity index (χ4n) is 4.67. The number of fused-ring (bicyclic) bond motifs is 1. The monoisotopic (exact) mass is 561 g/mol. The average Bonchev–Trinajstić information content (AvgIpc) is 3.03. The van der Waals surface area contributed by atoms with Crippen LogP contribution >= 0.6 is 22.6 Å². The molecule has 2 aliphatic rings. The summed E-state index contributed by atoms with van der Waals surface area (Å²) in [6, 6.07) is -0.249. The number of halogens is 3. The molecule has 2 atom stereocenters. The van der Waals surface area contributed by atoms with Gasteiger partial charge in [0.25, 0.3) is 0 Å². The summed E-state index contributed by atoms with van der Waals surface area (Å²) in [5, 5.41) is 0.888. The van der Waals surface area contributed by atoms with Gasteiger partial charge in [-0.2, -0.15) is 0 Å². The predicted octanol–water partition coefficient (Wildman–Crippen LogP) is 5.23. The molecule has 1 unspecified atom stereocenters. The molecule has 0 N–H and O–H groups in total. The Morgan fingerprint density at radius 3 is 2.69 bits per heavy atom. The molecule has 32 heavy (non-hydrogen) atoms. The third kappa shape index (κ3) is 4.79. The standard InChI is InChI=1S/C22H30F2IN5O2/c1-14-11-28(20(31)32-21(2,3)4)8-9-29(14)18-17-16(25)12-30(19(17)27-13-26-18)15-6-5-7-22(23,24)10-15/h12-15H,5-11H2,1-4H3/t14-,15?/m0/s1. The summed E-state index contributed by atoms with van der Waals surface area (Å²) in [4.78, 5) is 25.4. The highest BCUT2D eigenvalue weighted by Gasteiger charge is 2.38. The lowest BCUT2D eigenvalue weighted by Gasteiger charge is -2.41. The summed E-state index contributed by atoms with van der Waals surface area (Å²) >= 11 is 2.24. The minimum absolute atomic E-state index is 0.0209. The fourth-order valence-corrected chi connectivity index (χ4v) is 5.45. The molecule has 1 aliphatic heterocycles. The lowest BCUT2D eigenvalue weighted by molar-refractivity contribution is -0.0491. The van der Waals surface area contributed by atoms with Crippen molar-refractivity contribution in [1.29, 1.82) is 0 Å². The molecular weight excluding hydrogens is 531 g/mol. The van der Waals surface area contributed by atoms with E-state index in [1.165, 1.54) is 6.33 Å². The maximum Gasteiger partial charge on any atom is 0.410 e. The van der Waals surface area contributed by atoms with E-state index >= 15 is 0 Å². The minimum Gasteiger partial charge on any atom is -0.444 e. The van der Waals surface area contributed by atoms with Crippen LogP contribution in [0.25, 0.3) is 11.0 Å². The Morgan fingerprint density at radius 1 is 1.28 bits per heavy atom. The van der Waals surface area contributed by atoms with Crippen molar-refractivity contribution in [1.82, 2.24) is 19.4 Å². The minimum atomic E-state index is -2.63. The third-order valence-electron chi connectivity index (χ3n) is 6.10. The molecule has 4 rings (SSSR count). The van der Waals surface area contributed by atoms with Gasteiger partial charge in [0, 0.05) is 54.3 Å². The quantitative estimate of drug-likeness (QED) is 0.470. The third-order valence-corrected chi connectivity index (χ3v) is 6.92. The van der Waals surface area contributed by atoms with Crippen LogP contribution in [0.15, 0.2) is 12.5 Å². The first-order valence-corrected chi connectivity index (χ1v) is 12.2. The fraction of sp³-hybridized carbons (Fsp3) is 0.682. The number of carbonyl (C=O) groups is 1. The second-order valence-corrected chi connectivity index (χ2v) is 11.0.